The van der Waals surface area contributed by atoms with E-state index in [2.05, 4.69) is 24.5 Å². The fraction of sp³-hybridized carbons (Fsp3) is 0.250. The van der Waals surface area contributed by atoms with E-state index in [1.165, 1.54) is 0 Å². The Hall–Kier alpha value is -3.13. The highest BCUT2D eigenvalue weighted by Gasteiger charge is 2.12. The zero-order valence-electron chi connectivity index (χ0n) is 14.4. The van der Waals surface area contributed by atoms with Crippen molar-refractivity contribution in [2.45, 2.75) is 20.3 Å². The summed E-state index contributed by atoms with van der Waals surface area (Å²) in [5, 5.41) is 14.6. The Bertz CT molecular complexity index is 807. The average Bonchev–Trinajstić information content (AvgIpc) is 2.61. The molecule has 0 saturated carbocycles. The smallest absolute Gasteiger partial charge is 0.255 e. The molecule has 0 aliphatic rings. The molecule has 5 heteroatoms. The molecule has 0 aliphatic carbocycles. The number of amides is 2. The van der Waals surface area contributed by atoms with Crippen LogP contribution in [0.25, 0.3) is 0 Å². The summed E-state index contributed by atoms with van der Waals surface area (Å²) in [5.41, 5.74) is 1.63. The largest absolute Gasteiger partial charge is 0.352 e. The van der Waals surface area contributed by atoms with Crippen LogP contribution in [0.3, 0.4) is 0 Å². The van der Waals surface area contributed by atoms with E-state index in [-0.39, 0.29) is 11.8 Å². The van der Waals surface area contributed by atoms with Crippen molar-refractivity contribution in [1.82, 2.24) is 5.32 Å². The van der Waals surface area contributed by atoms with Crippen LogP contribution in [0.5, 0.6) is 0 Å². The van der Waals surface area contributed by atoms with Crippen LogP contribution in [0, 0.1) is 17.2 Å². The molecule has 0 bridgehead atoms. The second-order valence-electron chi connectivity index (χ2n) is 6.13. The van der Waals surface area contributed by atoms with Crippen LogP contribution in [0.15, 0.2) is 48.5 Å². The molecule has 0 aliphatic heterocycles. The monoisotopic (exact) mass is 335 g/mol. The first kappa shape index (κ1) is 18.2. The Morgan fingerprint density at radius 3 is 2.40 bits per heavy atom. The number of benzene rings is 2. The summed E-state index contributed by atoms with van der Waals surface area (Å²) < 4.78 is 0. The number of carbonyl (C=O) groups excluding carboxylic acids is 2. The maximum Gasteiger partial charge on any atom is 0.255 e. The van der Waals surface area contributed by atoms with Gasteiger partial charge in [0.1, 0.15) is 6.07 Å². The first-order valence-electron chi connectivity index (χ1n) is 8.20. The number of hydrogen-bond acceptors (Lipinski definition) is 3. The molecule has 2 aromatic carbocycles. The number of carbonyl (C=O) groups is 2. The van der Waals surface area contributed by atoms with E-state index in [4.69, 9.17) is 5.26 Å². The van der Waals surface area contributed by atoms with Gasteiger partial charge in [-0.1, -0.05) is 32.0 Å². The molecular formula is C20H21N3O2. The highest BCUT2D eigenvalue weighted by Crippen LogP contribution is 2.15. The number of nitrogens with zero attached hydrogens (tertiary/aromatic N) is 1. The fourth-order valence-corrected chi connectivity index (χ4v) is 2.26. The van der Waals surface area contributed by atoms with Crippen molar-refractivity contribution in [3.63, 3.8) is 0 Å². The summed E-state index contributed by atoms with van der Waals surface area (Å²) in [7, 11) is 0. The SMILES string of the molecule is CC(C)CCNC(=O)c1cccc(C(=O)Nc2ccccc2C#N)c1. The van der Waals surface area contributed by atoms with E-state index in [0.717, 1.165) is 6.42 Å². The molecule has 2 aromatic rings. The van der Waals surface area contributed by atoms with Gasteiger partial charge in [-0.15, -0.1) is 0 Å². The van der Waals surface area contributed by atoms with E-state index in [1.807, 2.05) is 6.07 Å². The summed E-state index contributed by atoms with van der Waals surface area (Å²) in [6.45, 7) is 4.79. The minimum atomic E-state index is -0.362. The van der Waals surface area contributed by atoms with Crippen molar-refractivity contribution in [2.24, 2.45) is 5.92 Å². The van der Waals surface area contributed by atoms with Gasteiger partial charge >= 0.3 is 0 Å². The van der Waals surface area contributed by atoms with Crippen molar-refractivity contribution in [1.29, 1.82) is 5.26 Å². The molecule has 0 unspecified atom stereocenters. The molecule has 0 spiro atoms. The Balaban J connectivity index is 2.08. The second kappa shape index (κ2) is 8.65. The van der Waals surface area contributed by atoms with Gasteiger partial charge in [0.05, 0.1) is 11.3 Å². The summed E-state index contributed by atoms with van der Waals surface area (Å²) in [6.07, 6.45) is 0.900. The maximum absolute atomic E-state index is 12.4. The molecule has 2 N–H and O–H groups in total. The third-order valence-corrected chi connectivity index (χ3v) is 3.69. The van der Waals surface area contributed by atoms with Crippen molar-refractivity contribution in [2.75, 3.05) is 11.9 Å². The summed E-state index contributed by atoms with van der Waals surface area (Å²) in [5.74, 6) is -0.0510. The topological polar surface area (TPSA) is 82.0 Å². The molecule has 0 fully saturated rings. The van der Waals surface area contributed by atoms with Gasteiger partial charge in [-0.3, -0.25) is 9.59 Å². The second-order valence-corrected chi connectivity index (χ2v) is 6.13. The van der Waals surface area contributed by atoms with Crippen LogP contribution >= 0.6 is 0 Å². The first-order valence-corrected chi connectivity index (χ1v) is 8.20. The predicted molar refractivity (Wildman–Crippen MR) is 97.3 cm³/mol. The lowest BCUT2D eigenvalue weighted by atomic mass is 10.1. The lowest BCUT2D eigenvalue weighted by Gasteiger charge is -2.09. The van der Waals surface area contributed by atoms with Crippen LogP contribution in [0.2, 0.25) is 0 Å². The number of nitriles is 1. The maximum atomic E-state index is 12.4. The third-order valence-electron chi connectivity index (χ3n) is 3.69. The number of rotatable bonds is 6. The Kier molecular flexibility index (Phi) is 6.30. The lowest BCUT2D eigenvalue weighted by molar-refractivity contribution is 0.0952. The minimum absolute atomic E-state index is 0.201. The van der Waals surface area contributed by atoms with Gasteiger partial charge < -0.3 is 10.6 Å². The molecular weight excluding hydrogens is 314 g/mol. The fourth-order valence-electron chi connectivity index (χ4n) is 2.26. The predicted octanol–water partition coefficient (Wildman–Crippen LogP) is 3.59. The zero-order valence-corrected chi connectivity index (χ0v) is 14.4. The first-order chi connectivity index (χ1) is 12.0. The third kappa shape index (κ3) is 5.18. The van der Waals surface area contributed by atoms with Crippen molar-refractivity contribution in [3.05, 3.63) is 65.2 Å². The molecule has 2 amide bonds. The Morgan fingerprint density at radius 1 is 1.04 bits per heavy atom. The van der Waals surface area contributed by atoms with E-state index in [0.29, 0.717) is 34.8 Å². The molecule has 0 radical (unpaired) electrons. The zero-order chi connectivity index (χ0) is 18.2. The number of hydrogen-bond donors (Lipinski definition) is 2. The van der Waals surface area contributed by atoms with Crippen LogP contribution in [-0.2, 0) is 0 Å². The molecule has 5 nitrogen and oxygen atoms in total. The lowest BCUT2D eigenvalue weighted by Crippen LogP contribution is -2.25. The highest BCUT2D eigenvalue weighted by atomic mass is 16.2. The van der Waals surface area contributed by atoms with Crippen LogP contribution in [0.4, 0.5) is 5.69 Å². The van der Waals surface area contributed by atoms with Crippen molar-refractivity contribution >= 4 is 17.5 Å². The van der Waals surface area contributed by atoms with Gasteiger partial charge in [-0.2, -0.15) is 5.26 Å². The molecule has 0 heterocycles. The van der Waals surface area contributed by atoms with Crippen LogP contribution < -0.4 is 10.6 Å². The Labute approximate surface area is 147 Å². The quantitative estimate of drug-likeness (QED) is 0.846. The van der Waals surface area contributed by atoms with E-state index in [1.54, 1.807) is 48.5 Å². The van der Waals surface area contributed by atoms with E-state index >= 15 is 0 Å². The molecule has 0 aromatic heterocycles. The standard InChI is InChI=1S/C20H21N3O2/c1-14(2)10-11-22-19(24)15-7-5-8-16(12-15)20(25)23-18-9-4-3-6-17(18)13-21/h3-9,12,14H,10-11H2,1-2H3,(H,22,24)(H,23,25). The molecule has 0 atom stereocenters. The van der Waals surface area contributed by atoms with Crippen LogP contribution in [0.1, 0.15) is 46.5 Å². The van der Waals surface area contributed by atoms with Gasteiger partial charge in [0.25, 0.3) is 11.8 Å². The molecule has 0 saturated heterocycles. The number of anilines is 1. The molecule has 2 rings (SSSR count). The summed E-state index contributed by atoms with van der Waals surface area (Å²) in [4.78, 5) is 24.6. The highest BCUT2D eigenvalue weighted by molar-refractivity contribution is 6.06. The van der Waals surface area contributed by atoms with Gasteiger partial charge in [-0.25, -0.2) is 0 Å². The van der Waals surface area contributed by atoms with Crippen molar-refractivity contribution < 1.29 is 9.59 Å². The normalized spacial score (nSPS) is 10.2. The summed E-state index contributed by atoms with van der Waals surface area (Å²) >= 11 is 0. The minimum Gasteiger partial charge on any atom is -0.352 e. The van der Waals surface area contributed by atoms with E-state index in [9.17, 15) is 9.59 Å². The molecule has 128 valence electrons. The van der Waals surface area contributed by atoms with E-state index < -0.39 is 0 Å². The Morgan fingerprint density at radius 2 is 1.72 bits per heavy atom. The summed E-state index contributed by atoms with van der Waals surface area (Å²) in [6, 6.07) is 15.3. The molecule has 25 heavy (non-hydrogen) atoms. The van der Waals surface area contributed by atoms with Gasteiger partial charge in [0.15, 0.2) is 0 Å². The van der Waals surface area contributed by atoms with Crippen molar-refractivity contribution in [3.8, 4) is 6.07 Å². The average molecular weight is 335 g/mol. The number of nitrogens with one attached hydrogen (secondary N) is 2. The van der Waals surface area contributed by atoms with Gasteiger partial charge in [-0.05, 0) is 42.7 Å². The number of para-hydroxylation sites is 1. The van der Waals surface area contributed by atoms with Gasteiger partial charge in [0.2, 0.25) is 0 Å². The van der Waals surface area contributed by atoms with Gasteiger partial charge in [0, 0.05) is 17.7 Å². The van der Waals surface area contributed by atoms with Crippen LogP contribution in [-0.4, -0.2) is 18.4 Å².